The standard InChI is InChI=1S/C14H21N3O4S.ClH/c1-3-21-11(18)8-10-9-22-13(16-10)17-12(19)14(20-2)4-6-15-7-5-14;/h9,15H,3-8H2,1-2H3,(H,16,17,19);1H. The van der Waals surface area contributed by atoms with Crippen LogP contribution >= 0.6 is 23.7 Å². The molecule has 0 aliphatic carbocycles. The molecule has 1 aromatic heterocycles. The Labute approximate surface area is 145 Å². The number of nitrogens with one attached hydrogen (secondary N) is 2. The van der Waals surface area contributed by atoms with Crippen molar-refractivity contribution < 1.29 is 19.1 Å². The summed E-state index contributed by atoms with van der Waals surface area (Å²) in [5.41, 5.74) is -0.214. The van der Waals surface area contributed by atoms with Gasteiger partial charge in [0.1, 0.15) is 5.60 Å². The SMILES string of the molecule is CCOC(=O)Cc1csc(NC(=O)C2(OC)CCNCC2)n1.Cl. The number of thiazole rings is 1. The van der Waals surface area contributed by atoms with E-state index in [1.54, 1.807) is 19.4 Å². The van der Waals surface area contributed by atoms with E-state index in [1.165, 1.54) is 11.3 Å². The van der Waals surface area contributed by atoms with Gasteiger partial charge in [-0.25, -0.2) is 4.98 Å². The summed E-state index contributed by atoms with van der Waals surface area (Å²) in [5.74, 6) is -0.508. The Bertz CT molecular complexity index is 532. The van der Waals surface area contributed by atoms with Crippen molar-refractivity contribution in [3.05, 3.63) is 11.1 Å². The molecule has 0 bridgehead atoms. The Balaban J connectivity index is 0.00000264. The highest BCUT2D eigenvalue weighted by Gasteiger charge is 2.40. The van der Waals surface area contributed by atoms with Gasteiger partial charge in [0.25, 0.3) is 5.91 Å². The topological polar surface area (TPSA) is 89.5 Å². The number of aromatic nitrogens is 1. The molecule has 130 valence electrons. The van der Waals surface area contributed by atoms with Crippen molar-refractivity contribution in [2.24, 2.45) is 0 Å². The van der Waals surface area contributed by atoms with Gasteiger partial charge in [-0.1, -0.05) is 0 Å². The Morgan fingerprint density at radius 2 is 2.13 bits per heavy atom. The van der Waals surface area contributed by atoms with Crippen LogP contribution in [-0.4, -0.2) is 49.3 Å². The monoisotopic (exact) mass is 363 g/mol. The normalized spacial score (nSPS) is 16.3. The number of nitrogens with zero attached hydrogens (tertiary/aromatic N) is 1. The van der Waals surface area contributed by atoms with Crippen molar-refractivity contribution >= 4 is 40.8 Å². The Hall–Kier alpha value is -1.22. The first kappa shape index (κ1) is 19.8. The molecule has 7 nitrogen and oxygen atoms in total. The molecule has 1 saturated heterocycles. The minimum absolute atomic E-state index is 0. The molecule has 0 atom stereocenters. The number of carbonyl (C=O) groups excluding carboxylic acids is 2. The molecule has 2 heterocycles. The van der Waals surface area contributed by atoms with E-state index in [2.05, 4.69) is 15.6 Å². The summed E-state index contributed by atoms with van der Waals surface area (Å²) in [5, 5.41) is 8.21. The van der Waals surface area contributed by atoms with Gasteiger partial charge in [0.2, 0.25) is 0 Å². The third-order valence-electron chi connectivity index (χ3n) is 3.62. The van der Waals surface area contributed by atoms with Gasteiger partial charge in [-0.15, -0.1) is 23.7 Å². The summed E-state index contributed by atoms with van der Waals surface area (Å²) >= 11 is 1.29. The van der Waals surface area contributed by atoms with E-state index in [0.717, 1.165) is 13.1 Å². The Morgan fingerprint density at radius 1 is 1.43 bits per heavy atom. The van der Waals surface area contributed by atoms with Gasteiger partial charge in [0.15, 0.2) is 5.13 Å². The van der Waals surface area contributed by atoms with E-state index in [9.17, 15) is 9.59 Å². The number of hydrogen-bond acceptors (Lipinski definition) is 7. The molecule has 2 N–H and O–H groups in total. The molecular weight excluding hydrogens is 342 g/mol. The number of carbonyl (C=O) groups is 2. The van der Waals surface area contributed by atoms with Crippen LogP contribution in [0.3, 0.4) is 0 Å². The lowest BCUT2D eigenvalue weighted by Gasteiger charge is -2.34. The summed E-state index contributed by atoms with van der Waals surface area (Å²) in [6.07, 6.45) is 1.35. The van der Waals surface area contributed by atoms with Crippen LogP contribution in [0.15, 0.2) is 5.38 Å². The van der Waals surface area contributed by atoms with Crippen molar-refractivity contribution in [1.29, 1.82) is 0 Å². The molecular formula is C14H22ClN3O4S. The lowest BCUT2D eigenvalue weighted by atomic mass is 9.91. The second-order valence-corrected chi connectivity index (χ2v) is 5.89. The van der Waals surface area contributed by atoms with Gasteiger partial charge in [0.05, 0.1) is 18.7 Å². The molecule has 0 radical (unpaired) electrons. The van der Waals surface area contributed by atoms with Crippen LogP contribution in [0, 0.1) is 0 Å². The first-order chi connectivity index (χ1) is 10.6. The fraction of sp³-hybridized carbons (Fsp3) is 0.643. The van der Waals surface area contributed by atoms with Gasteiger partial charge in [0, 0.05) is 12.5 Å². The van der Waals surface area contributed by atoms with Crippen LogP contribution in [0.2, 0.25) is 0 Å². The van der Waals surface area contributed by atoms with Crippen LogP contribution < -0.4 is 10.6 Å². The largest absolute Gasteiger partial charge is 0.466 e. The quantitative estimate of drug-likeness (QED) is 0.742. The van der Waals surface area contributed by atoms with Crippen LogP contribution in [0.5, 0.6) is 0 Å². The number of amides is 1. The molecule has 0 unspecified atom stereocenters. The first-order valence-corrected chi connectivity index (χ1v) is 8.15. The van der Waals surface area contributed by atoms with Crippen LogP contribution in [0.4, 0.5) is 5.13 Å². The van der Waals surface area contributed by atoms with E-state index in [-0.39, 0.29) is 30.7 Å². The molecule has 1 aromatic rings. The highest BCUT2D eigenvalue weighted by atomic mass is 35.5. The van der Waals surface area contributed by atoms with Crippen molar-refractivity contribution in [2.45, 2.75) is 31.8 Å². The number of piperidine rings is 1. The van der Waals surface area contributed by atoms with Gasteiger partial charge in [-0.2, -0.15) is 0 Å². The third-order valence-corrected chi connectivity index (χ3v) is 4.43. The lowest BCUT2D eigenvalue weighted by molar-refractivity contribution is -0.142. The molecule has 0 saturated carbocycles. The molecule has 2 rings (SSSR count). The van der Waals surface area contributed by atoms with Crippen molar-refractivity contribution in [3.8, 4) is 0 Å². The van der Waals surface area contributed by atoms with Crippen molar-refractivity contribution in [3.63, 3.8) is 0 Å². The van der Waals surface area contributed by atoms with E-state index in [1.807, 2.05) is 0 Å². The van der Waals surface area contributed by atoms with Crippen molar-refractivity contribution in [2.75, 3.05) is 32.1 Å². The zero-order chi connectivity index (χ0) is 16.0. The fourth-order valence-electron chi connectivity index (χ4n) is 2.37. The van der Waals surface area contributed by atoms with E-state index in [4.69, 9.17) is 9.47 Å². The number of anilines is 1. The minimum atomic E-state index is -0.807. The first-order valence-electron chi connectivity index (χ1n) is 7.27. The van der Waals surface area contributed by atoms with Gasteiger partial charge in [-0.3, -0.25) is 14.9 Å². The highest BCUT2D eigenvalue weighted by molar-refractivity contribution is 7.13. The number of esters is 1. The summed E-state index contributed by atoms with van der Waals surface area (Å²) in [6.45, 7) is 3.59. The van der Waals surface area contributed by atoms with Gasteiger partial charge < -0.3 is 14.8 Å². The molecule has 1 fully saturated rings. The average Bonchev–Trinajstić information content (AvgIpc) is 2.95. The summed E-state index contributed by atoms with van der Waals surface area (Å²) in [4.78, 5) is 28.1. The molecule has 0 aromatic carbocycles. The number of hydrogen-bond donors (Lipinski definition) is 2. The van der Waals surface area contributed by atoms with Crippen LogP contribution in [-0.2, 0) is 25.5 Å². The maximum atomic E-state index is 12.5. The lowest BCUT2D eigenvalue weighted by Crippen LogP contribution is -2.51. The number of methoxy groups -OCH3 is 1. The Morgan fingerprint density at radius 3 is 2.74 bits per heavy atom. The molecule has 1 aliphatic rings. The Kier molecular flexibility index (Phi) is 7.90. The third kappa shape index (κ3) is 5.13. The second-order valence-electron chi connectivity index (χ2n) is 5.03. The predicted molar refractivity (Wildman–Crippen MR) is 90.2 cm³/mol. The predicted octanol–water partition coefficient (Wildman–Crippen LogP) is 1.38. The molecule has 23 heavy (non-hydrogen) atoms. The van der Waals surface area contributed by atoms with E-state index >= 15 is 0 Å². The maximum absolute atomic E-state index is 12.5. The highest BCUT2D eigenvalue weighted by Crippen LogP contribution is 2.25. The summed E-state index contributed by atoms with van der Waals surface area (Å²) < 4.78 is 10.3. The van der Waals surface area contributed by atoms with Gasteiger partial charge >= 0.3 is 5.97 Å². The molecule has 1 aliphatic heterocycles. The average molecular weight is 364 g/mol. The van der Waals surface area contributed by atoms with Crippen molar-refractivity contribution in [1.82, 2.24) is 10.3 Å². The minimum Gasteiger partial charge on any atom is -0.466 e. The van der Waals surface area contributed by atoms with E-state index < -0.39 is 5.60 Å². The smallest absolute Gasteiger partial charge is 0.311 e. The van der Waals surface area contributed by atoms with E-state index in [0.29, 0.717) is 30.3 Å². The van der Waals surface area contributed by atoms with Gasteiger partial charge in [-0.05, 0) is 32.9 Å². The zero-order valence-electron chi connectivity index (χ0n) is 13.2. The second kappa shape index (κ2) is 9.17. The molecule has 9 heteroatoms. The number of rotatable bonds is 6. The molecule has 1 amide bonds. The summed E-state index contributed by atoms with van der Waals surface area (Å²) in [7, 11) is 1.55. The maximum Gasteiger partial charge on any atom is 0.311 e. The number of ether oxygens (including phenoxy) is 2. The molecule has 0 spiro atoms. The fourth-order valence-corrected chi connectivity index (χ4v) is 3.08. The number of halogens is 1. The van der Waals surface area contributed by atoms with Crippen LogP contribution in [0.25, 0.3) is 0 Å². The van der Waals surface area contributed by atoms with Crippen LogP contribution in [0.1, 0.15) is 25.5 Å². The summed E-state index contributed by atoms with van der Waals surface area (Å²) in [6, 6.07) is 0. The zero-order valence-corrected chi connectivity index (χ0v) is 14.8.